The van der Waals surface area contributed by atoms with E-state index >= 15 is 0 Å². The van der Waals surface area contributed by atoms with Crippen molar-refractivity contribution in [1.29, 1.82) is 0 Å². The lowest BCUT2D eigenvalue weighted by atomic mass is 10.2. The number of aryl methyl sites for hydroxylation is 1. The zero-order valence-corrected chi connectivity index (χ0v) is 10.6. The Morgan fingerprint density at radius 1 is 1.26 bits per heavy atom. The molecule has 0 aliphatic rings. The zero-order valence-electron chi connectivity index (χ0n) is 10.6. The van der Waals surface area contributed by atoms with Crippen molar-refractivity contribution < 1.29 is 0 Å². The molecule has 0 fully saturated rings. The fourth-order valence-electron chi connectivity index (χ4n) is 2.13. The summed E-state index contributed by atoms with van der Waals surface area (Å²) in [6.45, 7) is 2.33. The van der Waals surface area contributed by atoms with Crippen molar-refractivity contribution in [2.45, 2.75) is 13.5 Å². The Morgan fingerprint density at radius 2 is 2.05 bits per heavy atom. The number of benzene rings is 1. The van der Waals surface area contributed by atoms with Gasteiger partial charge in [-0.1, -0.05) is 18.2 Å². The number of nitrogens with zero attached hydrogens (tertiary/aromatic N) is 3. The van der Waals surface area contributed by atoms with Crippen molar-refractivity contribution in [3.8, 4) is 0 Å². The number of nitrogen functional groups attached to an aromatic ring is 1. The summed E-state index contributed by atoms with van der Waals surface area (Å²) in [6, 6.07) is 9.34. The van der Waals surface area contributed by atoms with Crippen LogP contribution >= 0.6 is 0 Å². The quantitative estimate of drug-likeness (QED) is 0.704. The number of aromatic nitrogens is 3. The third kappa shape index (κ3) is 1.99. The minimum absolute atomic E-state index is 0.0636. The van der Waals surface area contributed by atoms with Gasteiger partial charge in [0.15, 0.2) is 0 Å². The monoisotopic (exact) mass is 254 g/mol. The molecule has 2 N–H and O–H groups in total. The molecule has 5 nitrogen and oxygen atoms in total. The molecule has 0 saturated heterocycles. The second-order valence-corrected chi connectivity index (χ2v) is 4.55. The van der Waals surface area contributed by atoms with Crippen LogP contribution in [-0.4, -0.2) is 14.2 Å². The molecule has 0 amide bonds. The van der Waals surface area contributed by atoms with Crippen LogP contribution in [0.25, 0.3) is 5.52 Å². The first-order valence-corrected chi connectivity index (χ1v) is 6.04. The molecule has 19 heavy (non-hydrogen) atoms. The smallest absolute Gasteiger partial charge is 0.276 e. The molecule has 0 unspecified atom stereocenters. The van der Waals surface area contributed by atoms with Crippen LogP contribution in [0.3, 0.4) is 0 Å². The van der Waals surface area contributed by atoms with Crippen LogP contribution in [0.4, 0.5) is 5.69 Å². The molecule has 0 aliphatic carbocycles. The summed E-state index contributed by atoms with van der Waals surface area (Å²) >= 11 is 0. The first kappa shape index (κ1) is 11.5. The molecule has 2 aromatic heterocycles. The molecule has 3 rings (SSSR count). The first-order chi connectivity index (χ1) is 9.15. The summed E-state index contributed by atoms with van der Waals surface area (Å²) < 4.78 is 3.24. The van der Waals surface area contributed by atoms with Crippen molar-refractivity contribution >= 4 is 11.2 Å². The minimum atomic E-state index is -0.0636. The lowest BCUT2D eigenvalue weighted by Gasteiger charge is -2.08. The fourth-order valence-corrected chi connectivity index (χ4v) is 2.13. The highest BCUT2D eigenvalue weighted by Crippen LogP contribution is 2.11. The highest BCUT2D eigenvalue weighted by molar-refractivity contribution is 5.48. The van der Waals surface area contributed by atoms with Gasteiger partial charge in [-0.25, -0.2) is 4.52 Å². The molecule has 0 atom stereocenters. The third-order valence-corrected chi connectivity index (χ3v) is 3.12. The second-order valence-electron chi connectivity index (χ2n) is 4.55. The van der Waals surface area contributed by atoms with Crippen molar-refractivity contribution in [3.05, 3.63) is 64.3 Å². The number of nitrogens with two attached hydrogens (primary N) is 1. The fraction of sp³-hybridized carbons (Fsp3) is 0.143. The van der Waals surface area contributed by atoms with Crippen molar-refractivity contribution in [3.63, 3.8) is 0 Å². The maximum atomic E-state index is 12.3. The Morgan fingerprint density at radius 3 is 2.84 bits per heavy atom. The van der Waals surface area contributed by atoms with Crippen molar-refractivity contribution in [2.24, 2.45) is 0 Å². The Labute approximate surface area is 109 Å². The Kier molecular flexibility index (Phi) is 2.59. The molecular weight excluding hydrogens is 240 g/mol. The molecule has 0 saturated carbocycles. The number of para-hydroxylation sites is 1. The SMILES string of the molecule is Cc1cc2c(=O)n(Cc3ccccc3N)ccn2n1. The molecular formula is C14H14N4O. The summed E-state index contributed by atoms with van der Waals surface area (Å²) in [5.74, 6) is 0. The van der Waals surface area contributed by atoms with Crippen LogP contribution in [0.1, 0.15) is 11.3 Å². The van der Waals surface area contributed by atoms with E-state index in [0.29, 0.717) is 17.7 Å². The normalized spacial score (nSPS) is 11.0. The van der Waals surface area contributed by atoms with Crippen molar-refractivity contribution in [2.75, 3.05) is 5.73 Å². The van der Waals surface area contributed by atoms with E-state index in [9.17, 15) is 4.79 Å². The molecule has 0 spiro atoms. The van der Waals surface area contributed by atoms with Gasteiger partial charge in [0.1, 0.15) is 5.52 Å². The van der Waals surface area contributed by atoms with Gasteiger partial charge in [-0.15, -0.1) is 0 Å². The molecule has 1 aromatic carbocycles. The summed E-state index contributed by atoms with van der Waals surface area (Å²) in [4.78, 5) is 12.3. The molecule has 5 heteroatoms. The van der Waals surface area contributed by atoms with Crippen LogP contribution in [-0.2, 0) is 6.54 Å². The lowest BCUT2D eigenvalue weighted by molar-refractivity contribution is 0.743. The predicted octanol–water partition coefficient (Wildman–Crippen LogP) is 1.43. The van der Waals surface area contributed by atoms with Crippen LogP contribution in [0.2, 0.25) is 0 Å². The molecule has 2 heterocycles. The maximum absolute atomic E-state index is 12.3. The highest BCUT2D eigenvalue weighted by Gasteiger charge is 2.06. The van der Waals surface area contributed by atoms with Gasteiger partial charge in [-0.3, -0.25) is 4.79 Å². The van der Waals surface area contributed by atoms with E-state index in [1.807, 2.05) is 31.2 Å². The number of fused-ring (bicyclic) bond motifs is 1. The summed E-state index contributed by atoms with van der Waals surface area (Å²) in [5.41, 5.74) is 8.87. The van der Waals surface area contributed by atoms with E-state index in [1.165, 1.54) is 0 Å². The van der Waals surface area contributed by atoms with Gasteiger partial charge in [0, 0.05) is 18.1 Å². The predicted molar refractivity (Wildman–Crippen MR) is 74.1 cm³/mol. The molecule has 3 aromatic rings. The zero-order chi connectivity index (χ0) is 13.4. The van der Waals surface area contributed by atoms with E-state index < -0.39 is 0 Å². The van der Waals surface area contributed by atoms with E-state index in [2.05, 4.69) is 5.10 Å². The third-order valence-electron chi connectivity index (χ3n) is 3.12. The number of anilines is 1. The summed E-state index contributed by atoms with van der Waals surface area (Å²) in [7, 11) is 0. The van der Waals surface area contributed by atoms with E-state index in [-0.39, 0.29) is 5.56 Å². The average Bonchev–Trinajstić information content (AvgIpc) is 2.77. The second kappa shape index (κ2) is 4.28. The van der Waals surface area contributed by atoms with E-state index in [1.54, 1.807) is 27.5 Å². The largest absolute Gasteiger partial charge is 0.398 e. The maximum Gasteiger partial charge on any atom is 0.276 e. The van der Waals surface area contributed by atoms with Gasteiger partial charge in [0.2, 0.25) is 0 Å². The molecule has 0 radical (unpaired) electrons. The summed E-state index contributed by atoms with van der Waals surface area (Å²) in [5, 5.41) is 4.22. The number of hydrogen-bond donors (Lipinski definition) is 1. The Hall–Kier alpha value is -2.56. The number of rotatable bonds is 2. The molecule has 0 aliphatic heterocycles. The molecule has 0 bridgehead atoms. The van der Waals surface area contributed by atoms with Gasteiger partial charge >= 0.3 is 0 Å². The Balaban J connectivity index is 2.09. The van der Waals surface area contributed by atoms with Crippen molar-refractivity contribution in [1.82, 2.24) is 14.2 Å². The standard InChI is InChI=1S/C14H14N4O/c1-10-8-13-14(19)17(6-7-18(13)16-10)9-11-4-2-3-5-12(11)15/h2-8H,9,15H2,1H3. The summed E-state index contributed by atoms with van der Waals surface area (Å²) in [6.07, 6.45) is 3.51. The van der Waals surface area contributed by atoms with Crippen LogP contribution < -0.4 is 11.3 Å². The highest BCUT2D eigenvalue weighted by atomic mass is 16.1. The average molecular weight is 254 g/mol. The van der Waals surface area contributed by atoms with Gasteiger partial charge in [0.05, 0.1) is 12.2 Å². The van der Waals surface area contributed by atoms with Gasteiger partial charge < -0.3 is 10.3 Å². The number of hydrogen-bond acceptors (Lipinski definition) is 3. The Bertz CT molecular complexity index is 801. The van der Waals surface area contributed by atoms with Gasteiger partial charge in [-0.2, -0.15) is 5.10 Å². The topological polar surface area (TPSA) is 65.3 Å². The lowest BCUT2D eigenvalue weighted by Crippen LogP contribution is -2.22. The van der Waals surface area contributed by atoms with E-state index in [0.717, 1.165) is 11.3 Å². The first-order valence-electron chi connectivity index (χ1n) is 6.04. The minimum Gasteiger partial charge on any atom is -0.398 e. The van der Waals surface area contributed by atoms with Gasteiger partial charge in [0.25, 0.3) is 5.56 Å². The van der Waals surface area contributed by atoms with E-state index in [4.69, 9.17) is 5.73 Å². The molecule has 96 valence electrons. The van der Waals surface area contributed by atoms with Crippen LogP contribution in [0.15, 0.2) is 47.5 Å². The van der Waals surface area contributed by atoms with Crippen LogP contribution in [0, 0.1) is 6.92 Å². The van der Waals surface area contributed by atoms with Gasteiger partial charge in [-0.05, 0) is 24.6 Å². The van der Waals surface area contributed by atoms with Crippen LogP contribution in [0.5, 0.6) is 0 Å².